The van der Waals surface area contributed by atoms with E-state index in [1.54, 1.807) is 6.20 Å². The van der Waals surface area contributed by atoms with E-state index in [-0.39, 0.29) is 5.91 Å². The van der Waals surface area contributed by atoms with E-state index in [1.165, 1.54) is 25.1 Å². The summed E-state index contributed by atoms with van der Waals surface area (Å²) in [4.78, 5) is 21.7. The van der Waals surface area contributed by atoms with Crippen molar-refractivity contribution in [1.82, 2.24) is 10.3 Å². The zero-order valence-corrected chi connectivity index (χ0v) is 17.8. The molecule has 0 saturated carbocycles. The average Bonchev–Trinajstić information content (AvgIpc) is 2.57. The van der Waals surface area contributed by atoms with Crippen molar-refractivity contribution in [2.24, 2.45) is 5.16 Å². The molecule has 0 radical (unpaired) electrons. The zero-order chi connectivity index (χ0) is 19.3. The van der Waals surface area contributed by atoms with Crippen molar-refractivity contribution in [3.05, 3.63) is 34.4 Å². The molecule has 2 aromatic rings. The Hall–Kier alpha value is -1.80. The summed E-state index contributed by atoms with van der Waals surface area (Å²) in [7, 11) is 1.46. The minimum absolute atomic E-state index is 0.241. The van der Waals surface area contributed by atoms with Crippen molar-refractivity contribution in [1.29, 1.82) is 0 Å². The molecule has 1 aromatic heterocycles. The number of amides is 1. The molecule has 1 amide bonds. The molecule has 2 rings (SSSR count). The van der Waals surface area contributed by atoms with Crippen LogP contribution in [-0.2, 0) is 9.63 Å². The highest BCUT2D eigenvalue weighted by atomic mass is 79.9. The van der Waals surface area contributed by atoms with Gasteiger partial charge in [0.1, 0.15) is 12.9 Å². The minimum Gasteiger partial charge on any atom is -0.470 e. The molecule has 1 atom stereocenters. The molecule has 26 heavy (non-hydrogen) atoms. The number of carbonyl (C=O) groups is 1. The first-order valence-electron chi connectivity index (χ1n) is 7.91. The number of oxime groups is 1. The van der Waals surface area contributed by atoms with Crippen molar-refractivity contribution in [2.75, 3.05) is 13.4 Å². The SMILES string of the molecule is CON=CC(C)(C)NC(=O)C(Oc1cc(C)c2ncc(Br)cc2c1)SC. The summed E-state index contributed by atoms with van der Waals surface area (Å²) in [5.41, 5.74) is 0.543. The van der Waals surface area contributed by atoms with Gasteiger partial charge in [0, 0.05) is 16.1 Å². The molecule has 8 heteroatoms. The Morgan fingerprint density at radius 2 is 2.15 bits per heavy atom. The number of nitrogens with one attached hydrogen (secondary N) is 1. The first kappa shape index (κ1) is 20.5. The van der Waals surface area contributed by atoms with Gasteiger partial charge in [0.15, 0.2) is 0 Å². The number of nitrogens with zero attached hydrogens (tertiary/aromatic N) is 2. The standard InChI is InChI=1S/C18H22BrN3O3S/c1-11-6-14(8-12-7-13(19)9-20-15(11)12)25-17(26-5)16(23)22-18(2,3)10-21-24-4/h6-10,17H,1-5H3,(H,22,23). The summed E-state index contributed by atoms with van der Waals surface area (Å²) in [6.45, 7) is 5.62. The van der Waals surface area contributed by atoms with Gasteiger partial charge >= 0.3 is 0 Å². The normalized spacial score (nSPS) is 13.0. The molecular weight excluding hydrogens is 418 g/mol. The Balaban J connectivity index is 2.20. The van der Waals surface area contributed by atoms with Crippen LogP contribution in [0.25, 0.3) is 10.9 Å². The fraction of sp³-hybridized carbons (Fsp3) is 0.389. The summed E-state index contributed by atoms with van der Waals surface area (Å²) in [6, 6.07) is 5.74. The minimum atomic E-state index is -0.692. The monoisotopic (exact) mass is 439 g/mol. The maximum atomic E-state index is 12.6. The third kappa shape index (κ3) is 5.35. The third-order valence-electron chi connectivity index (χ3n) is 3.51. The maximum absolute atomic E-state index is 12.6. The van der Waals surface area contributed by atoms with Gasteiger partial charge in [0.2, 0.25) is 5.44 Å². The Morgan fingerprint density at radius 1 is 1.42 bits per heavy atom. The van der Waals surface area contributed by atoms with Gasteiger partial charge in [-0.3, -0.25) is 9.78 Å². The van der Waals surface area contributed by atoms with E-state index in [0.29, 0.717) is 5.75 Å². The maximum Gasteiger partial charge on any atom is 0.272 e. The Labute approximate surface area is 165 Å². The lowest BCUT2D eigenvalue weighted by molar-refractivity contribution is -0.125. The van der Waals surface area contributed by atoms with Gasteiger partial charge in [-0.2, -0.15) is 0 Å². The summed E-state index contributed by atoms with van der Waals surface area (Å²) in [5, 5.41) is 7.56. The molecule has 0 bridgehead atoms. The van der Waals surface area contributed by atoms with Gasteiger partial charge in [-0.25, -0.2) is 0 Å². The Kier molecular flexibility index (Phi) is 6.88. The number of fused-ring (bicyclic) bond motifs is 1. The summed E-state index contributed by atoms with van der Waals surface area (Å²) in [5.74, 6) is 0.378. The molecule has 0 aliphatic carbocycles. The number of benzene rings is 1. The summed E-state index contributed by atoms with van der Waals surface area (Å²) < 4.78 is 6.83. The van der Waals surface area contributed by atoms with E-state index in [9.17, 15) is 4.79 Å². The number of halogens is 1. The van der Waals surface area contributed by atoms with Crippen LogP contribution in [0.5, 0.6) is 5.75 Å². The number of pyridine rings is 1. The van der Waals surface area contributed by atoms with Gasteiger partial charge in [-0.15, -0.1) is 11.8 Å². The number of ether oxygens (including phenoxy) is 1. The van der Waals surface area contributed by atoms with Gasteiger partial charge < -0.3 is 14.9 Å². The number of rotatable bonds is 7. The van der Waals surface area contributed by atoms with Crippen molar-refractivity contribution < 1.29 is 14.4 Å². The van der Waals surface area contributed by atoms with Crippen molar-refractivity contribution in [2.45, 2.75) is 31.7 Å². The van der Waals surface area contributed by atoms with Crippen LogP contribution < -0.4 is 10.1 Å². The highest BCUT2D eigenvalue weighted by Crippen LogP contribution is 2.27. The van der Waals surface area contributed by atoms with Crippen LogP contribution in [0.4, 0.5) is 0 Å². The summed E-state index contributed by atoms with van der Waals surface area (Å²) in [6.07, 6.45) is 5.12. The van der Waals surface area contributed by atoms with E-state index in [1.807, 2.05) is 45.2 Å². The molecule has 1 N–H and O–H groups in total. The second-order valence-electron chi connectivity index (χ2n) is 6.28. The van der Waals surface area contributed by atoms with E-state index >= 15 is 0 Å². The molecule has 6 nitrogen and oxygen atoms in total. The average molecular weight is 440 g/mol. The highest BCUT2D eigenvalue weighted by Gasteiger charge is 2.26. The highest BCUT2D eigenvalue weighted by molar-refractivity contribution is 9.10. The van der Waals surface area contributed by atoms with Crippen LogP contribution in [0.15, 0.2) is 34.0 Å². The second kappa shape index (κ2) is 8.73. The first-order chi connectivity index (χ1) is 12.3. The molecule has 0 aliphatic heterocycles. The van der Waals surface area contributed by atoms with Gasteiger partial charge in [-0.05, 0) is 66.7 Å². The molecule has 1 aromatic carbocycles. The molecule has 0 spiro atoms. The number of thioether (sulfide) groups is 1. The van der Waals surface area contributed by atoms with Gasteiger partial charge in [0.25, 0.3) is 5.91 Å². The van der Waals surface area contributed by atoms with E-state index in [2.05, 4.69) is 36.2 Å². The van der Waals surface area contributed by atoms with Crippen LogP contribution in [0, 0.1) is 6.92 Å². The van der Waals surface area contributed by atoms with E-state index < -0.39 is 11.0 Å². The van der Waals surface area contributed by atoms with E-state index in [4.69, 9.17) is 4.74 Å². The van der Waals surface area contributed by atoms with Crippen LogP contribution in [0.3, 0.4) is 0 Å². The number of hydrogen-bond donors (Lipinski definition) is 1. The van der Waals surface area contributed by atoms with Crippen LogP contribution in [0.2, 0.25) is 0 Å². The molecule has 1 unspecified atom stereocenters. The molecule has 140 valence electrons. The molecule has 0 fully saturated rings. The second-order valence-corrected chi connectivity index (χ2v) is 8.09. The number of aromatic nitrogens is 1. The number of aryl methyl sites for hydroxylation is 1. The lowest BCUT2D eigenvalue weighted by atomic mass is 10.1. The molecule has 0 saturated heterocycles. The van der Waals surface area contributed by atoms with Crippen LogP contribution in [0.1, 0.15) is 19.4 Å². The van der Waals surface area contributed by atoms with Gasteiger partial charge in [-0.1, -0.05) is 5.16 Å². The first-order valence-corrected chi connectivity index (χ1v) is 9.99. The summed E-state index contributed by atoms with van der Waals surface area (Å²) >= 11 is 4.75. The lowest BCUT2D eigenvalue weighted by Crippen LogP contribution is -2.49. The van der Waals surface area contributed by atoms with Gasteiger partial charge in [0.05, 0.1) is 17.3 Å². The largest absolute Gasteiger partial charge is 0.470 e. The van der Waals surface area contributed by atoms with Crippen LogP contribution in [-0.4, -0.2) is 41.4 Å². The number of carbonyl (C=O) groups excluding carboxylic acids is 1. The quantitative estimate of drug-likeness (QED) is 0.402. The van der Waals surface area contributed by atoms with Crippen molar-refractivity contribution in [3.63, 3.8) is 0 Å². The molecule has 0 aliphatic rings. The fourth-order valence-electron chi connectivity index (χ4n) is 2.36. The molecular formula is C18H22BrN3O3S. The fourth-order valence-corrected chi connectivity index (χ4v) is 3.19. The Bertz CT molecular complexity index is 827. The van der Waals surface area contributed by atoms with Crippen molar-refractivity contribution in [3.8, 4) is 5.75 Å². The number of hydrogen-bond acceptors (Lipinski definition) is 6. The predicted molar refractivity (Wildman–Crippen MR) is 110 cm³/mol. The zero-order valence-electron chi connectivity index (χ0n) is 15.4. The smallest absolute Gasteiger partial charge is 0.272 e. The molecule has 1 heterocycles. The Morgan fingerprint density at radius 3 is 2.81 bits per heavy atom. The van der Waals surface area contributed by atoms with Crippen molar-refractivity contribution >= 4 is 50.7 Å². The van der Waals surface area contributed by atoms with E-state index in [0.717, 1.165) is 20.9 Å². The third-order valence-corrected chi connectivity index (χ3v) is 4.68. The predicted octanol–water partition coefficient (Wildman–Crippen LogP) is 3.90. The van der Waals surface area contributed by atoms with Crippen LogP contribution >= 0.6 is 27.7 Å². The lowest BCUT2D eigenvalue weighted by Gasteiger charge is -2.24. The topological polar surface area (TPSA) is 72.8 Å².